The summed E-state index contributed by atoms with van der Waals surface area (Å²) in [6.45, 7) is 10.2. The van der Waals surface area contributed by atoms with Gasteiger partial charge in [-0.25, -0.2) is 0 Å². The van der Waals surface area contributed by atoms with Crippen LogP contribution in [0.5, 0.6) is 0 Å². The molecule has 0 atom stereocenters. The number of nitrogens with zero attached hydrogens (tertiary/aromatic N) is 2. The summed E-state index contributed by atoms with van der Waals surface area (Å²) < 4.78 is 5.29. The monoisotopic (exact) mass is 327 g/mol. The number of hydrogen-bond donors (Lipinski definition) is 3. The van der Waals surface area contributed by atoms with Crippen molar-refractivity contribution in [3.05, 3.63) is 0 Å². The molecule has 23 heavy (non-hydrogen) atoms. The van der Waals surface area contributed by atoms with Crippen molar-refractivity contribution in [1.29, 1.82) is 0 Å². The second-order valence-corrected chi connectivity index (χ2v) is 5.91. The third-order valence-electron chi connectivity index (χ3n) is 4.17. The molecule has 2 heterocycles. The predicted molar refractivity (Wildman–Crippen MR) is 87.2 cm³/mol. The zero-order chi connectivity index (χ0) is 16.3. The maximum absolute atomic E-state index is 11.7. The first-order valence-electron chi connectivity index (χ1n) is 8.55. The van der Waals surface area contributed by atoms with Crippen molar-refractivity contribution in [1.82, 2.24) is 25.8 Å². The molecule has 2 fully saturated rings. The van der Waals surface area contributed by atoms with Crippen molar-refractivity contribution < 1.29 is 14.3 Å². The fourth-order valence-corrected chi connectivity index (χ4v) is 2.75. The molecule has 2 saturated heterocycles. The van der Waals surface area contributed by atoms with Crippen molar-refractivity contribution in [3.63, 3.8) is 0 Å². The number of amides is 2. The van der Waals surface area contributed by atoms with Gasteiger partial charge in [-0.3, -0.25) is 19.4 Å². The fourth-order valence-electron chi connectivity index (χ4n) is 2.75. The molecule has 0 bridgehead atoms. The first kappa shape index (κ1) is 18.1. The zero-order valence-electron chi connectivity index (χ0n) is 13.8. The Morgan fingerprint density at radius 3 is 2.17 bits per heavy atom. The maximum Gasteiger partial charge on any atom is 0.309 e. The SMILES string of the molecule is O=C(NCCCN1CCOCC1)C(=O)NCCN1CCNCC1. The highest BCUT2D eigenvalue weighted by atomic mass is 16.5. The Kier molecular flexibility index (Phi) is 8.30. The molecule has 3 N–H and O–H groups in total. The van der Waals surface area contributed by atoms with Crippen molar-refractivity contribution >= 4 is 11.8 Å². The van der Waals surface area contributed by atoms with Gasteiger partial charge in [0.25, 0.3) is 0 Å². The summed E-state index contributed by atoms with van der Waals surface area (Å²) in [5, 5.41) is 8.64. The van der Waals surface area contributed by atoms with Crippen LogP contribution in [0.3, 0.4) is 0 Å². The minimum absolute atomic E-state index is 0.514. The summed E-state index contributed by atoms with van der Waals surface area (Å²) in [6, 6.07) is 0. The molecular formula is C15H29N5O3. The highest BCUT2D eigenvalue weighted by Gasteiger charge is 2.14. The molecule has 8 nitrogen and oxygen atoms in total. The van der Waals surface area contributed by atoms with Crippen molar-refractivity contribution in [2.24, 2.45) is 0 Å². The van der Waals surface area contributed by atoms with Crippen LogP contribution in [-0.4, -0.2) is 100 Å². The quantitative estimate of drug-likeness (QED) is 0.365. The van der Waals surface area contributed by atoms with Crippen LogP contribution >= 0.6 is 0 Å². The molecule has 2 aliphatic heterocycles. The third kappa shape index (κ3) is 7.26. The minimum atomic E-state index is -0.536. The number of rotatable bonds is 7. The van der Waals surface area contributed by atoms with E-state index in [1.165, 1.54) is 0 Å². The lowest BCUT2D eigenvalue weighted by molar-refractivity contribution is -0.139. The fraction of sp³-hybridized carbons (Fsp3) is 0.867. The summed E-state index contributed by atoms with van der Waals surface area (Å²) in [5.41, 5.74) is 0. The van der Waals surface area contributed by atoms with Gasteiger partial charge in [0.1, 0.15) is 0 Å². The molecule has 2 rings (SSSR count). The number of piperazine rings is 1. The Balaban J connectivity index is 1.48. The summed E-state index contributed by atoms with van der Waals surface area (Å²) in [6.07, 6.45) is 0.847. The van der Waals surface area contributed by atoms with Crippen molar-refractivity contribution in [2.75, 3.05) is 78.7 Å². The molecule has 132 valence electrons. The number of carbonyl (C=O) groups excluding carboxylic acids is 2. The largest absolute Gasteiger partial charge is 0.379 e. The summed E-state index contributed by atoms with van der Waals surface area (Å²) in [5.74, 6) is -1.07. The van der Waals surface area contributed by atoms with Gasteiger partial charge in [-0.1, -0.05) is 0 Å². The topological polar surface area (TPSA) is 85.9 Å². The number of hydrogen-bond acceptors (Lipinski definition) is 6. The Morgan fingerprint density at radius 1 is 0.870 bits per heavy atom. The van der Waals surface area contributed by atoms with E-state index in [-0.39, 0.29) is 0 Å². The van der Waals surface area contributed by atoms with Crippen LogP contribution in [0.4, 0.5) is 0 Å². The van der Waals surface area contributed by atoms with E-state index in [1.807, 2.05) is 0 Å². The molecule has 0 aliphatic carbocycles. The van der Waals surface area contributed by atoms with Crippen LogP contribution in [0.1, 0.15) is 6.42 Å². The number of ether oxygens (including phenoxy) is 1. The Bertz CT molecular complexity index is 368. The van der Waals surface area contributed by atoms with Crippen LogP contribution in [0.25, 0.3) is 0 Å². The number of morpholine rings is 1. The van der Waals surface area contributed by atoms with Gasteiger partial charge in [-0.2, -0.15) is 0 Å². The first-order chi connectivity index (χ1) is 11.3. The van der Waals surface area contributed by atoms with Gasteiger partial charge in [0.15, 0.2) is 0 Å². The molecule has 0 aromatic rings. The van der Waals surface area contributed by atoms with Crippen molar-refractivity contribution in [2.45, 2.75) is 6.42 Å². The standard InChI is InChI=1S/C15H29N5O3/c21-14(17-2-1-6-19-10-12-23-13-11-19)15(22)18-5-9-20-7-3-16-4-8-20/h16H,1-13H2,(H,17,21)(H,18,22). The highest BCUT2D eigenvalue weighted by molar-refractivity contribution is 6.35. The molecular weight excluding hydrogens is 298 g/mol. The molecule has 2 aliphatic rings. The average Bonchev–Trinajstić information content (AvgIpc) is 2.60. The number of nitrogens with one attached hydrogen (secondary N) is 3. The van der Waals surface area contributed by atoms with Crippen LogP contribution in [-0.2, 0) is 14.3 Å². The smallest absolute Gasteiger partial charge is 0.309 e. The third-order valence-corrected chi connectivity index (χ3v) is 4.17. The molecule has 0 unspecified atom stereocenters. The van der Waals surface area contributed by atoms with Crippen LogP contribution < -0.4 is 16.0 Å². The lowest BCUT2D eigenvalue weighted by Gasteiger charge is -2.27. The van der Waals surface area contributed by atoms with Gasteiger partial charge in [0, 0.05) is 58.9 Å². The number of carbonyl (C=O) groups is 2. The van der Waals surface area contributed by atoms with Crippen LogP contribution in [0.2, 0.25) is 0 Å². The van der Waals surface area contributed by atoms with Gasteiger partial charge < -0.3 is 20.7 Å². The van der Waals surface area contributed by atoms with Gasteiger partial charge >= 0.3 is 11.8 Å². The normalized spacial score (nSPS) is 20.2. The van der Waals surface area contributed by atoms with E-state index in [0.717, 1.165) is 72.0 Å². The van der Waals surface area contributed by atoms with Gasteiger partial charge in [0.05, 0.1) is 13.2 Å². The van der Waals surface area contributed by atoms with E-state index in [2.05, 4.69) is 25.8 Å². The van der Waals surface area contributed by atoms with Gasteiger partial charge in [0.2, 0.25) is 0 Å². The van der Waals surface area contributed by atoms with Gasteiger partial charge in [-0.05, 0) is 13.0 Å². The van der Waals surface area contributed by atoms with E-state index in [1.54, 1.807) is 0 Å². The van der Waals surface area contributed by atoms with Crippen LogP contribution in [0, 0.1) is 0 Å². The minimum Gasteiger partial charge on any atom is -0.379 e. The first-order valence-corrected chi connectivity index (χ1v) is 8.55. The van der Waals surface area contributed by atoms with E-state index in [9.17, 15) is 9.59 Å². The molecule has 0 aromatic carbocycles. The Morgan fingerprint density at radius 2 is 1.48 bits per heavy atom. The van der Waals surface area contributed by atoms with Crippen LogP contribution in [0.15, 0.2) is 0 Å². The lowest BCUT2D eigenvalue weighted by Crippen LogP contribution is -2.48. The van der Waals surface area contributed by atoms with E-state index in [0.29, 0.717) is 13.1 Å². The molecule has 2 amide bonds. The lowest BCUT2D eigenvalue weighted by atomic mass is 10.3. The molecule has 8 heteroatoms. The molecule has 0 radical (unpaired) electrons. The average molecular weight is 327 g/mol. The molecule has 0 spiro atoms. The second-order valence-electron chi connectivity index (χ2n) is 5.91. The summed E-state index contributed by atoms with van der Waals surface area (Å²) in [4.78, 5) is 28.0. The zero-order valence-corrected chi connectivity index (χ0v) is 13.8. The Labute approximate surface area is 137 Å². The highest BCUT2D eigenvalue weighted by Crippen LogP contribution is 1.97. The van der Waals surface area contributed by atoms with Crippen molar-refractivity contribution in [3.8, 4) is 0 Å². The maximum atomic E-state index is 11.7. The van der Waals surface area contributed by atoms with E-state index in [4.69, 9.17) is 4.74 Å². The van der Waals surface area contributed by atoms with Gasteiger partial charge in [-0.15, -0.1) is 0 Å². The second kappa shape index (κ2) is 10.5. The predicted octanol–water partition coefficient (Wildman–Crippen LogP) is -2.15. The molecule has 0 saturated carbocycles. The Hall–Kier alpha value is -1.22. The molecule has 0 aromatic heterocycles. The summed E-state index contributed by atoms with van der Waals surface area (Å²) in [7, 11) is 0. The van der Waals surface area contributed by atoms with E-state index >= 15 is 0 Å². The summed E-state index contributed by atoms with van der Waals surface area (Å²) >= 11 is 0. The van der Waals surface area contributed by atoms with E-state index < -0.39 is 11.8 Å².